The Labute approximate surface area is 318 Å². The first-order valence-electron chi connectivity index (χ1n) is 19.5. The van der Waals surface area contributed by atoms with Gasteiger partial charge in [0.2, 0.25) is 11.8 Å². The third-order valence-corrected chi connectivity index (χ3v) is 12.4. The van der Waals surface area contributed by atoms with Gasteiger partial charge in [-0.05, 0) is 91.8 Å². The Kier molecular flexibility index (Phi) is 9.11. The first kappa shape index (κ1) is 35.2. The molecule has 4 N–H and O–H groups in total. The summed E-state index contributed by atoms with van der Waals surface area (Å²) in [5, 5.41) is 10.9. The summed E-state index contributed by atoms with van der Waals surface area (Å²) in [6.07, 6.45) is 8.59. The van der Waals surface area contributed by atoms with E-state index in [-0.39, 0.29) is 29.6 Å². The molecular formula is C40H46N10O5. The van der Waals surface area contributed by atoms with E-state index in [1.165, 1.54) is 16.7 Å². The maximum Gasteiger partial charge on any atom is 0.320 e. The molecule has 0 bridgehead atoms. The number of likely N-dealkylation sites (N-methyl/N-ethyl adjacent to an activating group) is 1. The summed E-state index contributed by atoms with van der Waals surface area (Å²) >= 11 is 0. The molecule has 5 amide bonds. The Morgan fingerprint density at radius 3 is 2.45 bits per heavy atom. The van der Waals surface area contributed by atoms with Crippen molar-refractivity contribution in [1.82, 2.24) is 35.1 Å². The predicted octanol–water partition coefficient (Wildman–Crippen LogP) is 4.36. The highest BCUT2D eigenvalue weighted by atomic mass is 16.5. The fourth-order valence-corrected chi connectivity index (χ4v) is 9.32. The van der Waals surface area contributed by atoms with Gasteiger partial charge in [-0.25, -0.2) is 14.8 Å². The molecule has 9 rings (SSSR count). The van der Waals surface area contributed by atoms with Gasteiger partial charge in [0, 0.05) is 69.9 Å². The zero-order chi connectivity index (χ0) is 37.8. The number of nitrogens with two attached hydrogens (primary N) is 1. The van der Waals surface area contributed by atoms with E-state index in [1.54, 1.807) is 11.1 Å². The average Bonchev–Trinajstić information content (AvgIpc) is 3.90. The van der Waals surface area contributed by atoms with Gasteiger partial charge in [0.25, 0.3) is 5.91 Å². The van der Waals surface area contributed by atoms with E-state index in [0.717, 1.165) is 82.3 Å². The number of piperidine rings is 2. The fraction of sp³-hybridized carbons (Fsp3) is 0.475. The van der Waals surface area contributed by atoms with Crippen LogP contribution in [0.2, 0.25) is 0 Å². The van der Waals surface area contributed by atoms with Gasteiger partial charge in [-0.3, -0.25) is 24.6 Å². The Hall–Kier alpha value is -5.57. The van der Waals surface area contributed by atoms with Gasteiger partial charge in [0.15, 0.2) is 17.1 Å². The molecule has 2 atom stereocenters. The van der Waals surface area contributed by atoms with Crippen molar-refractivity contribution in [3.05, 3.63) is 70.7 Å². The molecule has 3 saturated heterocycles. The highest BCUT2D eigenvalue weighted by Gasteiger charge is 2.36. The number of urea groups is 1. The molecule has 1 saturated carbocycles. The normalized spacial score (nSPS) is 24.7. The molecule has 1 aliphatic carbocycles. The Balaban J connectivity index is 0.822. The van der Waals surface area contributed by atoms with E-state index >= 15 is 0 Å². The van der Waals surface area contributed by atoms with Crippen molar-refractivity contribution in [3.63, 3.8) is 0 Å². The molecule has 1 unspecified atom stereocenters. The van der Waals surface area contributed by atoms with Crippen molar-refractivity contribution in [2.75, 3.05) is 43.4 Å². The monoisotopic (exact) mass is 746 g/mol. The number of anilines is 3. The van der Waals surface area contributed by atoms with Crippen LogP contribution in [0.4, 0.5) is 22.1 Å². The Bertz CT molecular complexity index is 2160. The minimum Gasteiger partial charge on any atom is -0.364 e. The number of nitrogens with one attached hydrogen (secondary N) is 2. The lowest BCUT2D eigenvalue weighted by Crippen LogP contribution is -2.49. The lowest BCUT2D eigenvalue weighted by atomic mass is 9.81. The van der Waals surface area contributed by atoms with Gasteiger partial charge in [-0.15, -0.1) is 0 Å². The summed E-state index contributed by atoms with van der Waals surface area (Å²) in [5.74, 6) is -0.245. The number of primary amides is 1. The van der Waals surface area contributed by atoms with E-state index in [0.29, 0.717) is 54.3 Å². The molecule has 4 fully saturated rings. The van der Waals surface area contributed by atoms with E-state index in [2.05, 4.69) is 54.8 Å². The van der Waals surface area contributed by atoms with Gasteiger partial charge in [0.05, 0.1) is 18.2 Å². The third-order valence-electron chi connectivity index (χ3n) is 12.4. The van der Waals surface area contributed by atoms with Crippen molar-refractivity contribution < 1.29 is 23.7 Å². The van der Waals surface area contributed by atoms with Gasteiger partial charge in [0.1, 0.15) is 11.5 Å². The van der Waals surface area contributed by atoms with E-state index in [4.69, 9.17) is 15.2 Å². The molecule has 15 heteroatoms. The van der Waals surface area contributed by atoms with E-state index < -0.39 is 11.8 Å². The van der Waals surface area contributed by atoms with Crippen molar-refractivity contribution in [1.29, 1.82) is 0 Å². The number of imide groups is 1. The quantitative estimate of drug-likeness (QED) is 0.218. The molecule has 0 radical (unpaired) electrons. The molecule has 4 aliphatic heterocycles. The number of amides is 5. The van der Waals surface area contributed by atoms with Crippen molar-refractivity contribution >= 4 is 52.0 Å². The first-order chi connectivity index (χ1) is 26.7. The van der Waals surface area contributed by atoms with Gasteiger partial charge >= 0.3 is 6.03 Å². The second-order valence-corrected chi connectivity index (χ2v) is 15.8. The van der Waals surface area contributed by atoms with Crippen LogP contribution in [0.3, 0.4) is 0 Å². The topological polar surface area (TPSA) is 183 Å². The summed E-state index contributed by atoms with van der Waals surface area (Å²) < 4.78 is 5.68. The summed E-state index contributed by atoms with van der Waals surface area (Å²) in [7, 11) is 1.84. The molecule has 286 valence electrons. The van der Waals surface area contributed by atoms with Crippen molar-refractivity contribution in [2.24, 2.45) is 5.73 Å². The molecule has 55 heavy (non-hydrogen) atoms. The molecule has 4 aromatic rings. The average molecular weight is 747 g/mol. The van der Waals surface area contributed by atoms with Crippen LogP contribution in [0.15, 0.2) is 47.1 Å². The van der Waals surface area contributed by atoms with E-state index in [1.807, 2.05) is 24.1 Å². The molecule has 2 aromatic carbocycles. The lowest BCUT2D eigenvalue weighted by molar-refractivity contribution is -0.134. The SMILES string of the molecule is CN1CCN([C@@H]2CCCN(c3cnc(C(N)=O)c(Nc4ccc([C@H]5CC[C@H](N6Cc7cc8onc(C9CCC(=O)NC9=O)c8cc7C6)CC5)cc4)n3)C2)C1=O. The highest BCUT2D eigenvalue weighted by molar-refractivity contribution is 6.02. The van der Waals surface area contributed by atoms with Gasteiger partial charge in [-0.2, -0.15) is 0 Å². The number of carbonyl (C=O) groups is 4. The van der Waals surface area contributed by atoms with Crippen LogP contribution in [-0.4, -0.2) is 98.9 Å². The fourth-order valence-electron chi connectivity index (χ4n) is 9.32. The number of nitrogens with zero attached hydrogens (tertiary/aromatic N) is 7. The minimum absolute atomic E-state index is 0.0673. The number of rotatable bonds is 8. The molecule has 6 heterocycles. The summed E-state index contributed by atoms with van der Waals surface area (Å²) in [6.45, 7) is 4.62. The molecule has 0 spiro atoms. The van der Waals surface area contributed by atoms with Crippen LogP contribution in [0.1, 0.15) is 96.1 Å². The number of benzene rings is 2. The van der Waals surface area contributed by atoms with Crippen molar-refractivity contribution in [3.8, 4) is 0 Å². The zero-order valence-corrected chi connectivity index (χ0v) is 31.0. The molecule has 5 aliphatic rings. The van der Waals surface area contributed by atoms with Crippen LogP contribution in [-0.2, 0) is 22.7 Å². The van der Waals surface area contributed by atoms with Crippen molar-refractivity contribution in [2.45, 2.75) is 88.4 Å². The summed E-state index contributed by atoms with van der Waals surface area (Å²) in [6, 6.07) is 13.2. The molecule has 15 nitrogen and oxygen atoms in total. The minimum atomic E-state index is -0.651. The Morgan fingerprint density at radius 2 is 1.73 bits per heavy atom. The van der Waals surface area contributed by atoms with Crippen LogP contribution in [0.25, 0.3) is 11.0 Å². The Morgan fingerprint density at radius 1 is 0.945 bits per heavy atom. The highest BCUT2D eigenvalue weighted by Crippen LogP contribution is 2.40. The molecular weight excluding hydrogens is 701 g/mol. The smallest absolute Gasteiger partial charge is 0.320 e. The lowest BCUT2D eigenvalue weighted by Gasteiger charge is -2.37. The standard InChI is InChI=1S/C40H46N10O5/c1-47-15-16-50(40(47)54)29-3-2-14-48(22-29)33-19-42-36(37(41)52)38(44-33)43-27-8-4-23(5-9-27)24-6-10-28(11-7-24)49-20-25-17-31-32(18-26(25)21-49)55-46-35(31)30-12-13-34(51)45-39(30)53/h4-5,8-9,17-19,24,28-30H,2-3,6-7,10-16,20-22H2,1H3,(H2,41,52)(H,43,44)(H,45,51,53)/t24-,28-,29-,30?/m1/s1. The van der Waals surface area contributed by atoms with E-state index in [9.17, 15) is 19.2 Å². The number of carbonyl (C=O) groups excluding carboxylic acids is 4. The largest absolute Gasteiger partial charge is 0.364 e. The van der Waals surface area contributed by atoms with Crippen LogP contribution in [0.5, 0.6) is 0 Å². The maximum atomic E-state index is 12.7. The third kappa shape index (κ3) is 6.74. The number of hydrogen-bond acceptors (Lipinski definition) is 11. The number of fused-ring (bicyclic) bond motifs is 2. The maximum absolute atomic E-state index is 12.7. The number of aromatic nitrogens is 3. The van der Waals surface area contributed by atoms with Gasteiger partial charge < -0.3 is 30.3 Å². The number of hydrogen-bond donors (Lipinski definition) is 3. The second kappa shape index (κ2) is 14.3. The van der Waals surface area contributed by atoms with Crippen LogP contribution >= 0.6 is 0 Å². The summed E-state index contributed by atoms with van der Waals surface area (Å²) in [4.78, 5) is 66.9. The van der Waals surface area contributed by atoms with Gasteiger partial charge in [-0.1, -0.05) is 17.3 Å². The summed E-state index contributed by atoms with van der Waals surface area (Å²) in [5.41, 5.74) is 11.7. The second-order valence-electron chi connectivity index (χ2n) is 15.8. The zero-order valence-electron chi connectivity index (χ0n) is 31.0. The van der Waals surface area contributed by atoms with Crippen LogP contribution < -0.4 is 21.3 Å². The molecule has 2 aromatic heterocycles. The first-order valence-corrected chi connectivity index (χ1v) is 19.5. The predicted molar refractivity (Wildman–Crippen MR) is 204 cm³/mol. The van der Waals surface area contributed by atoms with Crippen LogP contribution in [0, 0.1) is 0 Å².